The summed E-state index contributed by atoms with van der Waals surface area (Å²) in [4.78, 5) is 8.64. The molecule has 2 heterocycles. The van der Waals surface area contributed by atoms with E-state index in [-0.39, 0.29) is 0 Å². The molecule has 0 aliphatic carbocycles. The second kappa shape index (κ2) is 5.11. The molecule has 0 saturated carbocycles. The van der Waals surface area contributed by atoms with Gasteiger partial charge in [-0.1, -0.05) is 18.5 Å². The van der Waals surface area contributed by atoms with E-state index in [2.05, 4.69) is 27.4 Å². The lowest BCUT2D eigenvalue weighted by atomic mass is 10.3. The molecule has 2 aromatic heterocycles. The molecular weight excluding hydrogens is 240 g/mol. The van der Waals surface area contributed by atoms with Crippen molar-refractivity contribution in [3.63, 3.8) is 0 Å². The largest absolute Gasteiger partial charge is 0.308 e. The van der Waals surface area contributed by atoms with Gasteiger partial charge in [-0.15, -0.1) is 0 Å². The normalized spacial score (nSPS) is 10.5. The van der Waals surface area contributed by atoms with Crippen molar-refractivity contribution in [2.24, 2.45) is 5.84 Å². The maximum Gasteiger partial charge on any atom is 0.159 e. The lowest BCUT2D eigenvalue weighted by Crippen LogP contribution is -2.12. The van der Waals surface area contributed by atoms with Gasteiger partial charge in [0.25, 0.3) is 0 Å². The predicted molar refractivity (Wildman–Crippen MR) is 66.0 cm³/mol. The van der Waals surface area contributed by atoms with Crippen LogP contribution in [0.4, 0.5) is 5.82 Å². The zero-order valence-corrected chi connectivity index (χ0v) is 10.1. The molecule has 0 saturated heterocycles. The SMILES string of the molecule is CCCc1nc(NN)cc(-n2cc(Cl)cn2)n1. The standard InChI is InChI=1S/C10H13ClN6/c1-2-3-8-14-9(16-12)4-10(15-8)17-6-7(11)5-13-17/h4-6H,2-3,12H2,1H3,(H,14,15,16). The van der Waals surface area contributed by atoms with Crippen LogP contribution in [0.15, 0.2) is 18.5 Å². The van der Waals surface area contributed by atoms with Gasteiger partial charge in [-0.3, -0.25) is 0 Å². The molecule has 0 unspecified atom stereocenters. The molecule has 3 N–H and O–H groups in total. The Labute approximate surface area is 104 Å². The van der Waals surface area contributed by atoms with E-state index >= 15 is 0 Å². The molecule has 0 aliphatic heterocycles. The number of rotatable bonds is 4. The molecule has 0 atom stereocenters. The van der Waals surface area contributed by atoms with Crippen molar-refractivity contribution >= 4 is 17.4 Å². The molecule has 0 amide bonds. The summed E-state index contributed by atoms with van der Waals surface area (Å²) in [5, 5.41) is 4.65. The maximum absolute atomic E-state index is 5.82. The third-order valence-corrected chi connectivity index (χ3v) is 2.36. The first kappa shape index (κ1) is 11.8. The van der Waals surface area contributed by atoms with E-state index in [4.69, 9.17) is 17.4 Å². The summed E-state index contributed by atoms with van der Waals surface area (Å²) in [6.45, 7) is 2.07. The van der Waals surface area contributed by atoms with Crippen LogP contribution in [0.5, 0.6) is 0 Å². The van der Waals surface area contributed by atoms with Crippen LogP contribution in [0, 0.1) is 0 Å². The average Bonchev–Trinajstić information content (AvgIpc) is 2.76. The van der Waals surface area contributed by atoms with Gasteiger partial charge in [0.05, 0.1) is 17.4 Å². The van der Waals surface area contributed by atoms with Crippen molar-refractivity contribution in [1.82, 2.24) is 19.7 Å². The van der Waals surface area contributed by atoms with Crippen LogP contribution >= 0.6 is 11.6 Å². The summed E-state index contributed by atoms with van der Waals surface area (Å²) >= 11 is 5.82. The van der Waals surface area contributed by atoms with Gasteiger partial charge in [0, 0.05) is 12.5 Å². The molecular formula is C10H13ClN6. The Morgan fingerprint density at radius 3 is 2.88 bits per heavy atom. The molecule has 2 aromatic rings. The summed E-state index contributed by atoms with van der Waals surface area (Å²) < 4.78 is 1.59. The summed E-state index contributed by atoms with van der Waals surface area (Å²) in [5.74, 6) is 7.30. The van der Waals surface area contributed by atoms with Crippen LogP contribution in [-0.4, -0.2) is 19.7 Å². The van der Waals surface area contributed by atoms with E-state index in [9.17, 15) is 0 Å². The number of nitrogens with zero attached hydrogens (tertiary/aromatic N) is 4. The van der Waals surface area contributed by atoms with Crippen LogP contribution in [0.25, 0.3) is 5.82 Å². The van der Waals surface area contributed by atoms with E-state index in [0.717, 1.165) is 18.7 Å². The Balaban J connectivity index is 2.42. The summed E-state index contributed by atoms with van der Waals surface area (Å²) in [6, 6.07) is 1.71. The van der Waals surface area contributed by atoms with Crippen LogP contribution in [0.1, 0.15) is 19.2 Å². The predicted octanol–water partition coefficient (Wildman–Crippen LogP) is 1.55. The van der Waals surface area contributed by atoms with Crippen molar-refractivity contribution in [1.29, 1.82) is 0 Å². The lowest BCUT2D eigenvalue weighted by Gasteiger charge is -2.06. The third kappa shape index (κ3) is 2.72. The van der Waals surface area contributed by atoms with Crippen molar-refractivity contribution in [2.75, 3.05) is 5.43 Å². The molecule has 0 aromatic carbocycles. The first-order chi connectivity index (χ1) is 8.22. The van der Waals surface area contributed by atoms with Gasteiger partial charge in [0.15, 0.2) is 5.82 Å². The topological polar surface area (TPSA) is 81.6 Å². The first-order valence-corrected chi connectivity index (χ1v) is 5.66. The second-order valence-corrected chi connectivity index (χ2v) is 3.96. The molecule has 0 spiro atoms. The molecule has 0 radical (unpaired) electrons. The van der Waals surface area contributed by atoms with Crippen LogP contribution in [0.2, 0.25) is 5.02 Å². The van der Waals surface area contributed by atoms with Crippen molar-refractivity contribution in [2.45, 2.75) is 19.8 Å². The van der Waals surface area contributed by atoms with Crippen molar-refractivity contribution < 1.29 is 0 Å². The van der Waals surface area contributed by atoms with Gasteiger partial charge in [0.1, 0.15) is 11.6 Å². The lowest BCUT2D eigenvalue weighted by molar-refractivity contribution is 0.785. The Morgan fingerprint density at radius 2 is 2.29 bits per heavy atom. The van der Waals surface area contributed by atoms with Crippen LogP contribution in [0.3, 0.4) is 0 Å². The number of hydrogen-bond acceptors (Lipinski definition) is 5. The number of halogens is 1. The molecule has 0 aliphatic rings. The molecule has 17 heavy (non-hydrogen) atoms. The van der Waals surface area contributed by atoms with Crippen molar-refractivity contribution in [3.05, 3.63) is 29.3 Å². The minimum absolute atomic E-state index is 0.558. The van der Waals surface area contributed by atoms with Gasteiger partial charge in [0.2, 0.25) is 0 Å². The molecule has 0 fully saturated rings. The Hall–Kier alpha value is -1.66. The fourth-order valence-corrected chi connectivity index (χ4v) is 1.57. The smallest absolute Gasteiger partial charge is 0.159 e. The first-order valence-electron chi connectivity index (χ1n) is 5.28. The highest BCUT2D eigenvalue weighted by Gasteiger charge is 2.06. The molecule has 0 bridgehead atoms. The maximum atomic E-state index is 5.82. The Kier molecular flexibility index (Phi) is 3.55. The minimum atomic E-state index is 0.558. The van der Waals surface area contributed by atoms with Crippen LogP contribution < -0.4 is 11.3 Å². The fourth-order valence-electron chi connectivity index (χ4n) is 1.44. The Bertz CT molecular complexity index is 509. The van der Waals surface area contributed by atoms with Gasteiger partial charge >= 0.3 is 0 Å². The third-order valence-electron chi connectivity index (χ3n) is 2.17. The molecule has 7 heteroatoms. The highest BCUT2D eigenvalue weighted by atomic mass is 35.5. The zero-order valence-electron chi connectivity index (χ0n) is 9.39. The molecule has 2 rings (SSSR count). The van der Waals surface area contributed by atoms with Gasteiger partial charge < -0.3 is 5.43 Å². The molecule has 90 valence electrons. The zero-order chi connectivity index (χ0) is 12.3. The van der Waals surface area contributed by atoms with E-state index in [1.807, 2.05) is 0 Å². The summed E-state index contributed by atoms with van der Waals surface area (Å²) in [5.41, 5.74) is 2.52. The second-order valence-electron chi connectivity index (χ2n) is 3.53. The number of anilines is 1. The number of nitrogens with one attached hydrogen (secondary N) is 1. The highest BCUT2D eigenvalue weighted by Crippen LogP contribution is 2.13. The van der Waals surface area contributed by atoms with E-state index in [1.165, 1.54) is 0 Å². The van der Waals surface area contributed by atoms with Gasteiger partial charge in [-0.2, -0.15) is 5.10 Å². The Morgan fingerprint density at radius 1 is 1.47 bits per heavy atom. The monoisotopic (exact) mass is 252 g/mol. The van der Waals surface area contributed by atoms with E-state index in [1.54, 1.807) is 23.1 Å². The van der Waals surface area contributed by atoms with Crippen molar-refractivity contribution in [3.8, 4) is 5.82 Å². The van der Waals surface area contributed by atoms with E-state index in [0.29, 0.717) is 16.7 Å². The highest BCUT2D eigenvalue weighted by molar-refractivity contribution is 6.30. The van der Waals surface area contributed by atoms with Crippen LogP contribution in [-0.2, 0) is 6.42 Å². The number of hydrazine groups is 1. The average molecular weight is 253 g/mol. The van der Waals surface area contributed by atoms with Gasteiger partial charge in [-0.05, 0) is 6.42 Å². The minimum Gasteiger partial charge on any atom is -0.308 e. The van der Waals surface area contributed by atoms with Gasteiger partial charge in [-0.25, -0.2) is 20.5 Å². The number of aryl methyl sites for hydroxylation is 1. The molecule has 6 nitrogen and oxygen atoms in total. The number of nitrogens with two attached hydrogens (primary N) is 1. The summed E-state index contributed by atoms with van der Waals surface area (Å²) in [6.07, 6.45) is 4.99. The summed E-state index contributed by atoms with van der Waals surface area (Å²) in [7, 11) is 0. The number of nitrogen functional groups attached to an aromatic ring is 1. The fraction of sp³-hybridized carbons (Fsp3) is 0.300. The van der Waals surface area contributed by atoms with E-state index < -0.39 is 0 Å². The quantitative estimate of drug-likeness (QED) is 0.637. The number of hydrogen-bond donors (Lipinski definition) is 2. The number of aromatic nitrogens is 4.